The maximum absolute atomic E-state index is 13.6. The highest BCUT2D eigenvalue weighted by atomic mass is 16.5. The highest BCUT2D eigenvalue weighted by Gasteiger charge is 2.26. The molecular formula is C25H27N5O2. The highest BCUT2D eigenvalue weighted by Crippen LogP contribution is 2.38. The van der Waals surface area contributed by atoms with Crippen molar-refractivity contribution >= 4 is 28.3 Å². The minimum Gasteiger partial charge on any atom is -0.383 e. The molecule has 7 heteroatoms. The molecule has 1 atom stereocenters. The second-order valence-corrected chi connectivity index (χ2v) is 8.85. The van der Waals surface area contributed by atoms with Crippen molar-refractivity contribution in [3.63, 3.8) is 0 Å². The predicted octanol–water partition coefficient (Wildman–Crippen LogP) is 4.35. The summed E-state index contributed by atoms with van der Waals surface area (Å²) in [6, 6.07) is 11.5. The summed E-state index contributed by atoms with van der Waals surface area (Å²) in [6.07, 6.45) is 3.86. The number of fused-ring (bicyclic) bond motifs is 4. The fourth-order valence-electron chi connectivity index (χ4n) is 4.50. The maximum atomic E-state index is 13.6. The van der Waals surface area contributed by atoms with Crippen LogP contribution in [0.25, 0.3) is 16.6 Å². The molecule has 4 aromatic rings. The molecule has 1 aromatic carbocycles. The van der Waals surface area contributed by atoms with Gasteiger partial charge in [-0.2, -0.15) is 0 Å². The highest BCUT2D eigenvalue weighted by molar-refractivity contribution is 5.99. The number of benzene rings is 1. The molecule has 164 valence electrons. The number of carbonyl (C=O) groups is 1. The van der Waals surface area contributed by atoms with Gasteiger partial charge in [0, 0.05) is 35.5 Å². The summed E-state index contributed by atoms with van der Waals surface area (Å²) in [7, 11) is 0. The van der Waals surface area contributed by atoms with Gasteiger partial charge in [0.1, 0.15) is 11.5 Å². The van der Waals surface area contributed by atoms with Crippen LogP contribution in [0, 0.1) is 5.92 Å². The normalized spacial score (nSPS) is 15.6. The Labute approximate surface area is 186 Å². The van der Waals surface area contributed by atoms with Crippen LogP contribution in [0.5, 0.6) is 0 Å². The van der Waals surface area contributed by atoms with E-state index in [2.05, 4.69) is 23.8 Å². The predicted molar refractivity (Wildman–Crippen MR) is 124 cm³/mol. The number of imidazole rings is 1. The molecule has 1 aliphatic heterocycles. The van der Waals surface area contributed by atoms with Crippen LogP contribution < -0.4 is 5.73 Å². The summed E-state index contributed by atoms with van der Waals surface area (Å²) in [5.74, 6) is 0.816. The molecule has 0 spiro atoms. The van der Waals surface area contributed by atoms with Gasteiger partial charge in [-0.15, -0.1) is 0 Å². The number of nitrogen functional groups attached to an aromatic ring is 1. The van der Waals surface area contributed by atoms with E-state index >= 15 is 0 Å². The lowest BCUT2D eigenvalue weighted by atomic mass is 10.00. The molecule has 0 radical (unpaired) electrons. The zero-order valence-electron chi connectivity index (χ0n) is 18.6. The van der Waals surface area contributed by atoms with Crippen LogP contribution in [-0.4, -0.2) is 31.7 Å². The topological polar surface area (TPSA) is 85.8 Å². The average Bonchev–Trinajstić information content (AvgIpc) is 3.36. The SMILES string of the molecule is CC(C)CN(Cc1cn2ccccc2n1)C(=O)c1ccc2nc(N)c3c(c2c1)CO[C@H]3C. The fourth-order valence-corrected chi connectivity index (χ4v) is 4.50. The Kier molecular flexibility index (Phi) is 5.06. The lowest BCUT2D eigenvalue weighted by Gasteiger charge is -2.24. The van der Waals surface area contributed by atoms with E-state index in [1.165, 1.54) is 0 Å². The number of amides is 1. The van der Waals surface area contributed by atoms with Crippen LogP contribution in [0.1, 0.15) is 54.1 Å². The van der Waals surface area contributed by atoms with E-state index in [-0.39, 0.29) is 12.0 Å². The number of anilines is 1. The number of carbonyl (C=O) groups excluding carboxylic acids is 1. The number of nitrogens with two attached hydrogens (primary N) is 1. The summed E-state index contributed by atoms with van der Waals surface area (Å²) in [4.78, 5) is 24.7. The van der Waals surface area contributed by atoms with Gasteiger partial charge in [0.25, 0.3) is 5.91 Å². The van der Waals surface area contributed by atoms with Crippen LogP contribution in [0.3, 0.4) is 0 Å². The van der Waals surface area contributed by atoms with Crippen LogP contribution >= 0.6 is 0 Å². The van der Waals surface area contributed by atoms with Gasteiger partial charge in [-0.1, -0.05) is 19.9 Å². The molecule has 7 nitrogen and oxygen atoms in total. The molecule has 4 heterocycles. The monoisotopic (exact) mass is 429 g/mol. The number of nitrogens with zero attached hydrogens (tertiary/aromatic N) is 4. The summed E-state index contributed by atoms with van der Waals surface area (Å²) in [6.45, 7) is 7.78. The first-order chi connectivity index (χ1) is 15.4. The molecule has 1 amide bonds. The van der Waals surface area contributed by atoms with E-state index in [0.717, 1.165) is 33.4 Å². The van der Waals surface area contributed by atoms with Crippen molar-refractivity contribution in [2.75, 3.05) is 12.3 Å². The van der Waals surface area contributed by atoms with Crippen molar-refractivity contribution < 1.29 is 9.53 Å². The van der Waals surface area contributed by atoms with Gasteiger partial charge in [-0.05, 0) is 48.7 Å². The molecule has 3 aromatic heterocycles. The third kappa shape index (κ3) is 3.58. The first-order valence-corrected chi connectivity index (χ1v) is 11.0. The zero-order valence-corrected chi connectivity index (χ0v) is 18.6. The smallest absolute Gasteiger partial charge is 0.254 e. The third-order valence-corrected chi connectivity index (χ3v) is 5.93. The number of rotatable bonds is 5. The Morgan fingerprint density at radius 2 is 2.12 bits per heavy atom. The molecule has 0 aliphatic carbocycles. The van der Waals surface area contributed by atoms with E-state index in [0.29, 0.717) is 37.0 Å². The molecule has 5 rings (SSSR count). The molecule has 0 saturated heterocycles. The maximum Gasteiger partial charge on any atom is 0.254 e. The van der Waals surface area contributed by atoms with E-state index in [4.69, 9.17) is 10.5 Å². The Balaban J connectivity index is 1.51. The summed E-state index contributed by atoms with van der Waals surface area (Å²) >= 11 is 0. The second kappa shape index (κ2) is 7.91. The van der Waals surface area contributed by atoms with Gasteiger partial charge < -0.3 is 19.8 Å². The lowest BCUT2D eigenvalue weighted by Crippen LogP contribution is -2.33. The fraction of sp³-hybridized carbons (Fsp3) is 0.320. The minimum atomic E-state index is -0.0891. The van der Waals surface area contributed by atoms with E-state index in [9.17, 15) is 4.79 Å². The molecule has 0 fully saturated rings. The van der Waals surface area contributed by atoms with Crippen molar-refractivity contribution in [1.29, 1.82) is 0 Å². The number of hydrogen-bond acceptors (Lipinski definition) is 5. The van der Waals surface area contributed by atoms with Crippen LogP contribution in [0.4, 0.5) is 5.82 Å². The summed E-state index contributed by atoms with van der Waals surface area (Å²) in [5, 5.41) is 0.932. The first kappa shape index (κ1) is 20.5. The van der Waals surface area contributed by atoms with E-state index in [1.54, 1.807) is 0 Å². The van der Waals surface area contributed by atoms with E-state index in [1.807, 2.05) is 65.0 Å². The van der Waals surface area contributed by atoms with Gasteiger partial charge in [-0.25, -0.2) is 9.97 Å². The zero-order chi connectivity index (χ0) is 22.4. The summed E-state index contributed by atoms with van der Waals surface area (Å²) < 4.78 is 7.77. The number of aromatic nitrogens is 3. The van der Waals surface area contributed by atoms with Crippen molar-refractivity contribution in [1.82, 2.24) is 19.3 Å². The van der Waals surface area contributed by atoms with E-state index < -0.39 is 0 Å². The average molecular weight is 430 g/mol. The van der Waals surface area contributed by atoms with Gasteiger partial charge in [0.15, 0.2) is 0 Å². The standard InChI is InChI=1S/C25H27N5O2/c1-15(2)11-30(13-18-12-29-9-5-4-6-22(29)27-18)25(31)17-7-8-21-19(10-17)20-14-32-16(3)23(20)24(26)28-21/h4-10,12,15-16H,11,13-14H2,1-3H3,(H2,26,28)/t16-/m0/s1. The van der Waals surface area contributed by atoms with Crippen LogP contribution in [0.2, 0.25) is 0 Å². The Morgan fingerprint density at radius 1 is 1.28 bits per heavy atom. The third-order valence-electron chi connectivity index (χ3n) is 5.93. The van der Waals surface area contributed by atoms with Crippen molar-refractivity contribution in [3.8, 4) is 0 Å². The minimum absolute atomic E-state index is 0.0183. The molecule has 0 saturated carbocycles. The van der Waals surface area contributed by atoms with Crippen LogP contribution in [-0.2, 0) is 17.9 Å². The second-order valence-electron chi connectivity index (χ2n) is 8.85. The van der Waals surface area contributed by atoms with Crippen LogP contribution in [0.15, 0.2) is 48.8 Å². The van der Waals surface area contributed by atoms with Gasteiger partial charge in [-0.3, -0.25) is 4.79 Å². The Bertz CT molecular complexity index is 1290. The largest absolute Gasteiger partial charge is 0.383 e. The number of pyridine rings is 2. The number of ether oxygens (including phenoxy) is 1. The molecule has 32 heavy (non-hydrogen) atoms. The first-order valence-electron chi connectivity index (χ1n) is 11.0. The molecular weight excluding hydrogens is 402 g/mol. The molecule has 2 N–H and O–H groups in total. The Morgan fingerprint density at radius 3 is 2.91 bits per heavy atom. The Hall–Kier alpha value is -3.45. The lowest BCUT2D eigenvalue weighted by molar-refractivity contribution is 0.0720. The van der Waals surface area contributed by atoms with Gasteiger partial charge in [0.2, 0.25) is 0 Å². The summed E-state index contributed by atoms with van der Waals surface area (Å²) in [5.41, 5.74) is 11.3. The molecule has 1 aliphatic rings. The number of hydrogen-bond donors (Lipinski definition) is 1. The van der Waals surface area contributed by atoms with Crippen molar-refractivity contribution in [2.45, 2.75) is 40.0 Å². The molecule has 0 unspecified atom stereocenters. The van der Waals surface area contributed by atoms with Crippen molar-refractivity contribution in [2.24, 2.45) is 5.92 Å². The molecule has 0 bridgehead atoms. The van der Waals surface area contributed by atoms with Crippen molar-refractivity contribution in [3.05, 3.63) is 71.2 Å². The van der Waals surface area contributed by atoms with Gasteiger partial charge in [0.05, 0.1) is 30.5 Å². The van der Waals surface area contributed by atoms with Gasteiger partial charge >= 0.3 is 0 Å². The quantitative estimate of drug-likeness (QED) is 0.510.